The Morgan fingerprint density at radius 1 is 0.806 bits per heavy atom. The predicted octanol–water partition coefficient (Wildman–Crippen LogP) is 4.98. The van der Waals surface area contributed by atoms with Crippen molar-refractivity contribution in [3.63, 3.8) is 0 Å². The molecule has 2 aromatic carbocycles. The van der Waals surface area contributed by atoms with Crippen LogP contribution < -0.4 is 14.4 Å². The van der Waals surface area contributed by atoms with Gasteiger partial charge in [-0.2, -0.15) is 0 Å². The zero-order valence-corrected chi connectivity index (χ0v) is 18.5. The lowest BCUT2D eigenvalue weighted by molar-refractivity contribution is 0.187. The van der Waals surface area contributed by atoms with Crippen LogP contribution in [0.25, 0.3) is 22.0 Å². The molecule has 0 N–H and O–H groups in total. The number of hydrogen-bond acceptors (Lipinski definition) is 5. The number of nitrogens with zero attached hydrogens (tertiary/aromatic N) is 3. The Bertz CT molecular complexity index is 1040. The van der Waals surface area contributed by atoms with Crippen LogP contribution in [0, 0.1) is 0 Å². The fraction of sp³-hybridized carbons (Fsp3) is 0.423. The van der Waals surface area contributed by atoms with Gasteiger partial charge in [0.2, 0.25) is 0 Å². The number of hydrogen-bond donors (Lipinski definition) is 0. The van der Waals surface area contributed by atoms with Crippen molar-refractivity contribution in [3.05, 3.63) is 48.5 Å². The van der Waals surface area contributed by atoms with E-state index in [9.17, 15) is 0 Å². The molecular formula is C26H31N3O2. The molecule has 0 radical (unpaired) electrons. The number of ether oxygens (including phenoxy) is 2. The van der Waals surface area contributed by atoms with Crippen LogP contribution in [0.1, 0.15) is 25.7 Å². The van der Waals surface area contributed by atoms with Crippen LogP contribution in [0.15, 0.2) is 48.5 Å². The van der Waals surface area contributed by atoms with E-state index in [2.05, 4.69) is 34.1 Å². The van der Waals surface area contributed by atoms with Crippen molar-refractivity contribution in [1.29, 1.82) is 0 Å². The molecule has 31 heavy (non-hydrogen) atoms. The lowest BCUT2D eigenvalue weighted by Crippen LogP contribution is -2.50. The molecule has 5 nitrogen and oxygen atoms in total. The highest BCUT2D eigenvalue weighted by Gasteiger charge is 2.27. The van der Waals surface area contributed by atoms with E-state index in [0.717, 1.165) is 60.4 Å². The number of anilines is 1. The van der Waals surface area contributed by atoms with Crippen molar-refractivity contribution >= 4 is 16.7 Å². The van der Waals surface area contributed by atoms with E-state index >= 15 is 0 Å². The van der Waals surface area contributed by atoms with Gasteiger partial charge in [-0.1, -0.05) is 25.0 Å². The number of rotatable bonds is 5. The summed E-state index contributed by atoms with van der Waals surface area (Å²) in [6, 6.07) is 17.5. The van der Waals surface area contributed by atoms with E-state index < -0.39 is 0 Å². The van der Waals surface area contributed by atoms with Crippen molar-refractivity contribution in [2.24, 2.45) is 0 Å². The van der Waals surface area contributed by atoms with Crippen LogP contribution in [0.3, 0.4) is 0 Å². The molecule has 0 amide bonds. The Labute approximate surface area is 184 Å². The zero-order valence-electron chi connectivity index (χ0n) is 18.5. The standard InChI is InChI=1S/C26H31N3O2/c1-30-22-10-7-19(8-11-22)24-17-20-9-12-23(31-2)18-25(20)27-26(24)29-15-13-28(14-16-29)21-5-3-4-6-21/h7-12,17-18,21H,3-6,13-16H2,1-2H3. The summed E-state index contributed by atoms with van der Waals surface area (Å²) in [5.41, 5.74) is 3.32. The Hall–Kier alpha value is -2.79. The second-order valence-corrected chi connectivity index (χ2v) is 8.61. The van der Waals surface area contributed by atoms with Gasteiger partial charge in [0.05, 0.1) is 19.7 Å². The summed E-state index contributed by atoms with van der Waals surface area (Å²) in [7, 11) is 3.41. The van der Waals surface area contributed by atoms with Gasteiger partial charge in [-0.25, -0.2) is 4.98 Å². The maximum Gasteiger partial charge on any atom is 0.137 e. The summed E-state index contributed by atoms with van der Waals surface area (Å²) in [4.78, 5) is 10.3. The first-order chi connectivity index (χ1) is 15.2. The minimum atomic E-state index is 0.789. The molecule has 0 unspecified atom stereocenters. The van der Waals surface area contributed by atoms with Gasteiger partial charge < -0.3 is 14.4 Å². The van der Waals surface area contributed by atoms with E-state index in [1.165, 1.54) is 36.8 Å². The molecule has 162 valence electrons. The first-order valence-corrected chi connectivity index (χ1v) is 11.4. The fourth-order valence-electron chi connectivity index (χ4n) is 5.06. The van der Waals surface area contributed by atoms with E-state index in [1.807, 2.05) is 24.3 Å². The van der Waals surface area contributed by atoms with Crippen molar-refractivity contribution in [1.82, 2.24) is 9.88 Å². The quantitative estimate of drug-likeness (QED) is 0.585. The van der Waals surface area contributed by atoms with Gasteiger partial charge in [0.1, 0.15) is 17.3 Å². The first-order valence-electron chi connectivity index (χ1n) is 11.4. The highest BCUT2D eigenvalue weighted by atomic mass is 16.5. The second-order valence-electron chi connectivity index (χ2n) is 8.61. The molecule has 5 rings (SSSR count). The number of benzene rings is 2. The third-order valence-corrected chi connectivity index (χ3v) is 6.86. The van der Waals surface area contributed by atoms with Crippen molar-refractivity contribution in [3.8, 4) is 22.6 Å². The monoisotopic (exact) mass is 417 g/mol. The predicted molar refractivity (Wildman–Crippen MR) is 126 cm³/mol. The maximum absolute atomic E-state index is 5.44. The molecule has 0 spiro atoms. The van der Waals surface area contributed by atoms with Gasteiger partial charge in [0.25, 0.3) is 0 Å². The Kier molecular flexibility index (Phi) is 5.68. The SMILES string of the molecule is COc1ccc(-c2cc3ccc(OC)cc3nc2N2CCN(C3CCCC3)CC2)cc1. The minimum Gasteiger partial charge on any atom is -0.497 e. The molecule has 1 saturated carbocycles. The number of fused-ring (bicyclic) bond motifs is 1. The summed E-state index contributed by atoms with van der Waals surface area (Å²) in [6.45, 7) is 4.26. The molecule has 1 aromatic heterocycles. The summed E-state index contributed by atoms with van der Waals surface area (Å²) < 4.78 is 10.8. The molecule has 5 heteroatoms. The zero-order chi connectivity index (χ0) is 21.2. The Morgan fingerprint density at radius 3 is 2.16 bits per heavy atom. The van der Waals surface area contributed by atoms with Gasteiger partial charge in [-0.05, 0) is 48.7 Å². The average molecular weight is 418 g/mol. The highest BCUT2D eigenvalue weighted by molar-refractivity contribution is 5.90. The second kappa shape index (κ2) is 8.75. The third kappa shape index (κ3) is 4.07. The van der Waals surface area contributed by atoms with E-state index in [1.54, 1.807) is 14.2 Å². The molecule has 0 atom stereocenters. The maximum atomic E-state index is 5.44. The molecule has 0 bridgehead atoms. The normalized spacial score (nSPS) is 17.9. The summed E-state index contributed by atoms with van der Waals surface area (Å²) in [6.07, 6.45) is 5.51. The number of pyridine rings is 1. The third-order valence-electron chi connectivity index (χ3n) is 6.86. The van der Waals surface area contributed by atoms with Crippen LogP contribution in [-0.4, -0.2) is 56.3 Å². The molecule has 1 aliphatic carbocycles. The van der Waals surface area contributed by atoms with Crippen LogP contribution in [-0.2, 0) is 0 Å². The Balaban J connectivity index is 1.50. The van der Waals surface area contributed by atoms with Crippen LogP contribution in [0.5, 0.6) is 11.5 Å². The largest absolute Gasteiger partial charge is 0.497 e. The van der Waals surface area contributed by atoms with Crippen LogP contribution in [0.2, 0.25) is 0 Å². The molecule has 3 aromatic rings. The first kappa shape index (κ1) is 20.1. The van der Waals surface area contributed by atoms with Crippen molar-refractivity contribution < 1.29 is 9.47 Å². The van der Waals surface area contributed by atoms with Crippen molar-refractivity contribution in [2.75, 3.05) is 45.3 Å². The molecular weight excluding hydrogens is 386 g/mol. The van der Waals surface area contributed by atoms with Crippen molar-refractivity contribution in [2.45, 2.75) is 31.7 Å². The van der Waals surface area contributed by atoms with E-state index in [-0.39, 0.29) is 0 Å². The van der Waals surface area contributed by atoms with Crippen LogP contribution >= 0.6 is 0 Å². The van der Waals surface area contributed by atoms with Crippen LogP contribution in [0.4, 0.5) is 5.82 Å². The van der Waals surface area contributed by atoms with Gasteiger partial charge in [-0.15, -0.1) is 0 Å². The van der Waals surface area contributed by atoms with E-state index in [0.29, 0.717) is 0 Å². The number of methoxy groups -OCH3 is 2. The lowest BCUT2D eigenvalue weighted by atomic mass is 10.0. The lowest BCUT2D eigenvalue weighted by Gasteiger charge is -2.39. The smallest absolute Gasteiger partial charge is 0.137 e. The fourth-order valence-corrected chi connectivity index (χ4v) is 5.06. The van der Waals surface area contributed by atoms with E-state index in [4.69, 9.17) is 14.5 Å². The van der Waals surface area contributed by atoms with Gasteiger partial charge in [0.15, 0.2) is 0 Å². The molecule has 1 saturated heterocycles. The number of aromatic nitrogens is 1. The molecule has 1 aliphatic heterocycles. The molecule has 2 heterocycles. The highest BCUT2D eigenvalue weighted by Crippen LogP contribution is 2.35. The summed E-state index contributed by atoms with van der Waals surface area (Å²) >= 11 is 0. The summed E-state index contributed by atoms with van der Waals surface area (Å²) in [5, 5.41) is 1.12. The minimum absolute atomic E-state index is 0.789. The van der Waals surface area contributed by atoms with Gasteiger partial charge >= 0.3 is 0 Å². The summed E-state index contributed by atoms with van der Waals surface area (Å²) in [5.74, 6) is 2.78. The van der Waals surface area contributed by atoms with Gasteiger partial charge in [0, 0.05) is 49.2 Å². The molecule has 2 fully saturated rings. The number of piperazine rings is 1. The topological polar surface area (TPSA) is 37.8 Å². The Morgan fingerprint density at radius 2 is 1.48 bits per heavy atom. The average Bonchev–Trinajstić information content (AvgIpc) is 3.38. The van der Waals surface area contributed by atoms with Gasteiger partial charge in [-0.3, -0.25) is 4.90 Å². The molecule has 2 aliphatic rings.